The normalized spacial score (nSPS) is 14.3. The van der Waals surface area contributed by atoms with E-state index in [0.717, 1.165) is 17.9 Å². The second-order valence-electron chi connectivity index (χ2n) is 4.33. The molecule has 0 aliphatic rings. The quantitative estimate of drug-likeness (QED) is 0.800. The summed E-state index contributed by atoms with van der Waals surface area (Å²) in [5.74, 6) is 0.778. The lowest BCUT2D eigenvalue weighted by Crippen LogP contribution is -2.20. The van der Waals surface area contributed by atoms with Crippen LogP contribution < -0.4 is 10.1 Å². The Kier molecular flexibility index (Phi) is 6.47. The number of benzene rings is 1. The Labute approximate surface area is 114 Å². The Morgan fingerprint density at radius 2 is 2.11 bits per heavy atom. The highest BCUT2D eigenvalue weighted by atomic mass is 35.5. The van der Waals surface area contributed by atoms with Crippen LogP contribution in [0.5, 0.6) is 5.75 Å². The summed E-state index contributed by atoms with van der Waals surface area (Å²) in [5.41, 5.74) is 1.02. The Bertz CT molecular complexity index is 371. The van der Waals surface area contributed by atoms with Gasteiger partial charge in [0.15, 0.2) is 0 Å². The zero-order valence-electron chi connectivity index (χ0n) is 11.2. The zero-order valence-corrected chi connectivity index (χ0v) is 12.0. The monoisotopic (exact) mass is 271 g/mol. The molecule has 2 atom stereocenters. The average molecular weight is 272 g/mol. The Morgan fingerprint density at radius 1 is 1.39 bits per heavy atom. The molecule has 2 unspecified atom stereocenters. The largest absolute Gasteiger partial charge is 0.491 e. The van der Waals surface area contributed by atoms with Gasteiger partial charge in [-0.3, -0.25) is 0 Å². The fourth-order valence-electron chi connectivity index (χ4n) is 1.71. The van der Waals surface area contributed by atoms with Crippen molar-refractivity contribution in [2.24, 2.45) is 0 Å². The van der Waals surface area contributed by atoms with Crippen molar-refractivity contribution in [3.63, 3.8) is 0 Å². The van der Waals surface area contributed by atoms with Gasteiger partial charge in [0.2, 0.25) is 0 Å². The Hall–Kier alpha value is -0.770. The van der Waals surface area contributed by atoms with Crippen LogP contribution >= 0.6 is 11.6 Å². The van der Waals surface area contributed by atoms with Gasteiger partial charge in [-0.05, 0) is 38.1 Å². The lowest BCUT2D eigenvalue weighted by molar-refractivity contribution is 0.103. The molecule has 0 aliphatic heterocycles. The highest BCUT2D eigenvalue weighted by Gasteiger charge is 2.12. The molecule has 0 saturated heterocycles. The predicted molar refractivity (Wildman–Crippen MR) is 75.3 cm³/mol. The van der Waals surface area contributed by atoms with Crippen LogP contribution in [-0.2, 0) is 0 Å². The van der Waals surface area contributed by atoms with E-state index in [2.05, 4.69) is 19.2 Å². The SMILES string of the molecule is CCNC(C)c1cc(Cl)ccc1OCC(O)CC. The van der Waals surface area contributed by atoms with Gasteiger partial charge in [0, 0.05) is 16.6 Å². The molecule has 0 aliphatic carbocycles. The van der Waals surface area contributed by atoms with Crippen molar-refractivity contribution in [2.45, 2.75) is 39.3 Å². The van der Waals surface area contributed by atoms with Gasteiger partial charge in [-0.1, -0.05) is 25.4 Å². The molecule has 0 aromatic heterocycles. The van der Waals surface area contributed by atoms with Crippen LogP contribution in [0.1, 0.15) is 38.8 Å². The molecule has 0 saturated carbocycles. The third-order valence-electron chi connectivity index (χ3n) is 2.85. The second-order valence-corrected chi connectivity index (χ2v) is 4.77. The molecule has 0 radical (unpaired) electrons. The summed E-state index contributed by atoms with van der Waals surface area (Å²) in [6.07, 6.45) is 0.258. The molecule has 4 heteroatoms. The van der Waals surface area contributed by atoms with Crippen molar-refractivity contribution in [2.75, 3.05) is 13.2 Å². The lowest BCUT2D eigenvalue weighted by Gasteiger charge is -2.19. The smallest absolute Gasteiger partial charge is 0.124 e. The molecule has 102 valence electrons. The fourth-order valence-corrected chi connectivity index (χ4v) is 1.89. The molecule has 1 rings (SSSR count). The topological polar surface area (TPSA) is 41.5 Å². The summed E-state index contributed by atoms with van der Waals surface area (Å²) in [6.45, 7) is 7.24. The second kappa shape index (κ2) is 7.62. The minimum atomic E-state index is -0.428. The highest BCUT2D eigenvalue weighted by molar-refractivity contribution is 6.30. The summed E-state index contributed by atoms with van der Waals surface area (Å²) in [6, 6.07) is 5.73. The maximum Gasteiger partial charge on any atom is 0.124 e. The van der Waals surface area contributed by atoms with E-state index in [1.165, 1.54) is 0 Å². The van der Waals surface area contributed by atoms with E-state index in [-0.39, 0.29) is 6.04 Å². The lowest BCUT2D eigenvalue weighted by atomic mass is 10.1. The number of nitrogens with one attached hydrogen (secondary N) is 1. The molecule has 1 aromatic carbocycles. The van der Waals surface area contributed by atoms with Gasteiger partial charge >= 0.3 is 0 Å². The maximum absolute atomic E-state index is 9.54. The van der Waals surface area contributed by atoms with E-state index in [0.29, 0.717) is 18.1 Å². The maximum atomic E-state index is 9.54. The van der Waals surface area contributed by atoms with Crippen LogP contribution in [-0.4, -0.2) is 24.4 Å². The summed E-state index contributed by atoms with van der Waals surface area (Å²) in [5, 5.41) is 13.6. The van der Waals surface area contributed by atoms with Crippen molar-refractivity contribution < 1.29 is 9.84 Å². The van der Waals surface area contributed by atoms with Crippen LogP contribution in [0, 0.1) is 0 Å². The standard InChI is InChI=1S/C14H22ClNO2/c1-4-12(17)9-18-14-7-6-11(15)8-13(14)10(3)16-5-2/h6-8,10,12,16-17H,4-5,9H2,1-3H3. The van der Waals surface area contributed by atoms with Gasteiger partial charge in [0.05, 0.1) is 6.10 Å². The number of halogens is 1. The van der Waals surface area contributed by atoms with Gasteiger partial charge in [0.1, 0.15) is 12.4 Å². The average Bonchev–Trinajstić information content (AvgIpc) is 2.37. The van der Waals surface area contributed by atoms with Crippen molar-refractivity contribution in [1.82, 2.24) is 5.32 Å². The predicted octanol–water partition coefficient (Wildman–Crippen LogP) is 3.16. The molecule has 0 amide bonds. The molecule has 1 aromatic rings. The zero-order chi connectivity index (χ0) is 13.5. The van der Waals surface area contributed by atoms with Crippen LogP contribution in [0.4, 0.5) is 0 Å². The van der Waals surface area contributed by atoms with E-state index in [9.17, 15) is 5.11 Å². The molecule has 18 heavy (non-hydrogen) atoms. The van der Waals surface area contributed by atoms with E-state index in [1.807, 2.05) is 19.1 Å². The number of hydrogen-bond acceptors (Lipinski definition) is 3. The number of aliphatic hydroxyl groups excluding tert-OH is 1. The summed E-state index contributed by atoms with van der Waals surface area (Å²) in [4.78, 5) is 0. The van der Waals surface area contributed by atoms with Gasteiger partial charge in [-0.2, -0.15) is 0 Å². The molecule has 3 nitrogen and oxygen atoms in total. The molecule has 0 spiro atoms. The van der Waals surface area contributed by atoms with Gasteiger partial charge in [0.25, 0.3) is 0 Å². The number of aliphatic hydroxyl groups is 1. The first-order chi connectivity index (χ1) is 8.58. The van der Waals surface area contributed by atoms with E-state index in [1.54, 1.807) is 6.07 Å². The van der Waals surface area contributed by atoms with Crippen molar-refractivity contribution >= 4 is 11.6 Å². The first kappa shape index (κ1) is 15.3. The summed E-state index contributed by atoms with van der Waals surface area (Å²) >= 11 is 6.02. The van der Waals surface area contributed by atoms with Crippen LogP contribution in [0.15, 0.2) is 18.2 Å². The van der Waals surface area contributed by atoms with Crippen LogP contribution in [0.3, 0.4) is 0 Å². The minimum Gasteiger partial charge on any atom is -0.491 e. The molecular weight excluding hydrogens is 250 g/mol. The Morgan fingerprint density at radius 3 is 2.72 bits per heavy atom. The third-order valence-corrected chi connectivity index (χ3v) is 3.09. The molecule has 0 bridgehead atoms. The number of hydrogen-bond donors (Lipinski definition) is 2. The van der Waals surface area contributed by atoms with Crippen molar-refractivity contribution in [3.05, 3.63) is 28.8 Å². The summed E-state index contributed by atoms with van der Waals surface area (Å²) < 4.78 is 5.66. The molecular formula is C14H22ClNO2. The fraction of sp³-hybridized carbons (Fsp3) is 0.571. The molecule has 0 fully saturated rings. The van der Waals surface area contributed by atoms with Crippen molar-refractivity contribution in [1.29, 1.82) is 0 Å². The van der Waals surface area contributed by atoms with Crippen LogP contribution in [0.25, 0.3) is 0 Å². The first-order valence-electron chi connectivity index (χ1n) is 6.42. The first-order valence-corrected chi connectivity index (χ1v) is 6.79. The van der Waals surface area contributed by atoms with Gasteiger partial charge < -0.3 is 15.2 Å². The van der Waals surface area contributed by atoms with Crippen LogP contribution in [0.2, 0.25) is 5.02 Å². The molecule has 2 N–H and O–H groups in total. The van der Waals surface area contributed by atoms with Crippen molar-refractivity contribution in [3.8, 4) is 5.75 Å². The molecule has 0 heterocycles. The van der Waals surface area contributed by atoms with Gasteiger partial charge in [-0.25, -0.2) is 0 Å². The number of rotatable bonds is 7. The Balaban J connectivity index is 2.82. The third kappa shape index (κ3) is 4.48. The van der Waals surface area contributed by atoms with E-state index >= 15 is 0 Å². The number of ether oxygens (including phenoxy) is 1. The van der Waals surface area contributed by atoms with E-state index in [4.69, 9.17) is 16.3 Å². The van der Waals surface area contributed by atoms with E-state index < -0.39 is 6.10 Å². The highest BCUT2D eigenvalue weighted by Crippen LogP contribution is 2.28. The minimum absolute atomic E-state index is 0.169. The van der Waals surface area contributed by atoms with Gasteiger partial charge in [-0.15, -0.1) is 0 Å². The summed E-state index contributed by atoms with van der Waals surface area (Å²) in [7, 11) is 0.